The van der Waals surface area contributed by atoms with Crippen LogP contribution in [0.5, 0.6) is 11.5 Å². The Bertz CT molecular complexity index is 948. The number of nitrogens with one attached hydrogen (secondary N) is 2. The maximum absolute atomic E-state index is 12.1. The molecule has 27 heavy (non-hydrogen) atoms. The van der Waals surface area contributed by atoms with Crippen LogP contribution in [0.25, 0.3) is 11.4 Å². The molecule has 7 nitrogen and oxygen atoms in total. The number of ether oxygens (including phenoxy) is 2. The lowest BCUT2D eigenvalue weighted by atomic mass is 10.2. The molecule has 0 bridgehead atoms. The van der Waals surface area contributed by atoms with Crippen molar-refractivity contribution < 1.29 is 14.3 Å². The summed E-state index contributed by atoms with van der Waals surface area (Å²) in [7, 11) is 3.15. The van der Waals surface area contributed by atoms with Crippen molar-refractivity contribution in [2.24, 2.45) is 0 Å². The van der Waals surface area contributed by atoms with Crippen molar-refractivity contribution in [2.45, 2.75) is 5.16 Å². The monoisotopic (exact) mass is 404 g/mol. The van der Waals surface area contributed by atoms with Gasteiger partial charge in [-0.15, -0.1) is 5.10 Å². The topological polar surface area (TPSA) is 89.1 Å². The van der Waals surface area contributed by atoms with Crippen molar-refractivity contribution >= 4 is 35.0 Å². The molecule has 0 aliphatic carbocycles. The summed E-state index contributed by atoms with van der Waals surface area (Å²) < 4.78 is 10.5. The molecular formula is C18H17ClN4O3S. The van der Waals surface area contributed by atoms with E-state index in [1.54, 1.807) is 44.6 Å². The van der Waals surface area contributed by atoms with Crippen LogP contribution in [0.1, 0.15) is 0 Å². The number of hydrogen-bond donors (Lipinski definition) is 2. The fourth-order valence-corrected chi connectivity index (χ4v) is 3.10. The zero-order chi connectivity index (χ0) is 19.2. The van der Waals surface area contributed by atoms with Gasteiger partial charge in [0, 0.05) is 16.8 Å². The van der Waals surface area contributed by atoms with E-state index in [0.29, 0.717) is 38.8 Å². The van der Waals surface area contributed by atoms with Gasteiger partial charge < -0.3 is 14.8 Å². The third kappa shape index (κ3) is 4.93. The van der Waals surface area contributed by atoms with Gasteiger partial charge in [-0.25, -0.2) is 4.98 Å². The Labute approximate surface area is 165 Å². The summed E-state index contributed by atoms with van der Waals surface area (Å²) in [6.07, 6.45) is 0. The van der Waals surface area contributed by atoms with E-state index in [1.165, 1.54) is 11.8 Å². The first-order valence-electron chi connectivity index (χ1n) is 7.92. The molecule has 9 heteroatoms. The lowest BCUT2D eigenvalue weighted by molar-refractivity contribution is -0.113. The van der Waals surface area contributed by atoms with Crippen LogP contribution in [0.15, 0.2) is 47.6 Å². The van der Waals surface area contributed by atoms with Crippen LogP contribution in [0, 0.1) is 0 Å². The molecule has 2 aromatic carbocycles. The molecule has 0 spiro atoms. The Hall–Kier alpha value is -2.71. The Morgan fingerprint density at radius 3 is 2.85 bits per heavy atom. The van der Waals surface area contributed by atoms with Gasteiger partial charge in [0.1, 0.15) is 11.5 Å². The minimum Gasteiger partial charge on any atom is -0.497 e. The number of rotatable bonds is 7. The maximum Gasteiger partial charge on any atom is 0.234 e. The molecule has 140 valence electrons. The van der Waals surface area contributed by atoms with Crippen molar-refractivity contribution in [3.63, 3.8) is 0 Å². The molecule has 0 atom stereocenters. The predicted molar refractivity (Wildman–Crippen MR) is 106 cm³/mol. The molecule has 2 N–H and O–H groups in total. The molecule has 0 radical (unpaired) electrons. The average molecular weight is 405 g/mol. The molecule has 0 unspecified atom stereocenters. The largest absolute Gasteiger partial charge is 0.497 e. The molecule has 0 saturated heterocycles. The number of aromatic nitrogens is 3. The van der Waals surface area contributed by atoms with Gasteiger partial charge in [0.2, 0.25) is 11.1 Å². The number of halogens is 1. The predicted octanol–water partition coefficient (Wildman–Crippen LogP) is 3.87. The number of hydrogen-bond acceptors (Lipinski definition) is 6. The van der Waals surface area contributed by atoms with Crippen molar-refractivity contribution in [3.05, 3.63) is 47.5 Å². The van der Waals surface area contributed by atoms with Gasteiger partial charge in [0.25, 0.3) is 0 Å². The van der Waals surface area contributed by atoms with Crippen LogP contribution in [-0.4, -0.2) is 41.1 Å². The van der Waals surface area contributed by atoms with E-state index < -0.39 is 0 Å². The van der Waals surface area contributed by atoms with Crippen LogP contribution < -0.4 is 14.8 Å². The van der Waals surface area contributed by atoms with Crippen LogP contribution >= 0.6 is 23.4 Å². The van der Waals surface area contributed by atoms with Crippen LogP contribution in [0.3, 0.4) is 0 Å². The molecule has 0 aliphatic rings. The molecule has 3 aromatic rings. The van der Waals surface area contributed by atoms with Gasteiger partial charge in [-0.05, 0) is 30.3 Å². The van der Waals surface area contributed by atoms with Crippen LogP contribution in [0.4, 0.5) is 5.69 Å². The number of carbonyl (C=O) groups excluding carboxylic acids is 1. The number of aromatic amines is 1. The Balaban J connectivity index is 1.63. The van der Waals surface area contributed by atoms with Gasteiger partial charge >= 0.3 is 0 Å². The van der Waals surface area contributed by atoms with E-state index in [4.69, 9.17) is 21.1 Å². The first kappa shape index (κ1) is 19.1. The van der Waals surface area contributed by atoms with E-state index in [2.05, 4.69) is 20.5 Å². The van der Waals surface area contributed by atoms with Gasteiger partial charge in [0.15, 0.2) is 5.82 Å². The SMILES string of the molecule is COc1cccc(NC(=O)CSc2n[nH]c(-c3cc(Cl)ccc3OC)n2)c1. The van der Waals surface area contributed by atoms with Gasteiger partial charge in [-0.3, -0.25) is 9.89 Å². The quantitative estimate of drug-likeness (QED) is 0.581. The minimum atomic E-state index is -0.167. The standard InChI is InChI=1S/C18H17ClN4O3S/c1-25-13-5-3-4-12(9-13)20-16(24)10-27-18-21-17(22-23-18)14-8-11(19)6-7-15(14)26-2/h3-9H,10H2,1-2H3,(H,20,24)(H,21,22,23). The fourth-order valence-electron chi connectivity index (χ4n) is 2.32. The Kier molecular flexibility index (Phi) is 6.20. The lowest BCUT2D eigenvalue weighted by Gasteiger charge is -2.06. The van der Waals surface area contributed by atoms with Crippen molar-refractivity contribution in [2.75, 3.05) is 25.3 Å². The first-order valence-corrected chi connectivity index (χ1v) is 9.28. The summed E-state index contributed by atoms with van der Waals surface area (Å²) in [6, 6.07) is 12.4. The van der Waals surface area contributed by atoms with Gasteiger partial charge in [-0.1, -0.05) is 29.4 Å². The highest BCUT2D eigenvalue weighted by Crippen LogP contribution is 2.31. The van der Waals surface area contributed by atoms with E-state index in [9.17, 15) is 4.79 Å². The van der Waals surface area contributed by atoms with Crippen molar-refractivity contribution in [1.29, 1.82) is 0 Å². The summed E-state index contributed by atoms with van der Waals surface area (Å²) in [6.45, 7) is 0. The highest BCUT2D eigenvalue weighted by Gasteiger charge is 2.13. The Morgan fingerprint density at radius 2 is 2.07 bits per heavy atom. The molecule has 1 heterocycles. The number of anilines is 1. The highest BCUT2D eigenvalue weighted by molar-refractivity contribution is 7.99. The summed E-state index contributed by atoms with van der Waals surface area (Å²) >= 11 is 7.27. The number of benzene rings is 2. The average Bonchev–Trinajstić information content (AvgIpc) is 3.15. The van der Waals surface area contributed by atoms with E-state index in [0.717, 1.165) is 0 Å². The third-order valence-corrected chi connectivity index (χ3v) is 4.65. The molecule has 3 rings (SSSR count). The van der Waals surface area contributed by atoms with E-state index >= 15 is 0 Å². The number of H-pyrrole nitrogens is 1. The van der Waals surface area contributed by atoms with Crippen molar-refractivity contribution in [3.8, 4) is 22.9 Å². The molecular weight excluding hydrogens is 388 g/mol. The number of amides is 1. The molecule has 0 saturated carbocycles. The molecule has 1 aromatic heterocycles. The molecule has 0 fully saturated rings. The number of carbonyl (C=O) groups is 1. The number of thioether (sulfide) groups is 1. The Morgan fingerprint density at radius 1 is 1.22 bits per heavy atom. The normalized spacial score (nSPS) is 10.5. The minimum absolute atomic E-state index is 0.167. The lowest BCUT2D eigenvalue weighted by Crippen LogP contribution is -2.14. The highest BCUT2D eigenvalue weighted by atomic mass is 35.5. The molecule has 1 amide bonds. The summed E-state index contributed by atoms with van der Waals surface area (Å²) in [5, 5.41) is 10.8. The number of nitrogens with zero attached hydrogens (tertiary/aromatic N) is 2. The van der Waals surface area contributed by atoms with Crippen LogP contribution in [0.2, 0.25) is 5.02 Å². The first-order chi connectivity index (χ1) is 13.1. The maximum atomic E-state index is 12.1. The van der Waals surface area contributed by atoms with E-state index in [1.807, 2.05) is 12.1 Å². The van der Waals surface area contributed by atoms with Gasteiger partial charge in [0.05, 0.1) is 25.5 Å². The fraction of sp³-hybridized carbons (Fsp3) is 0.167. The summed E-state index contributed by atoms with van der Waals surface area (Å²) in [5.41, 5.74) is 1.37. The molecule has 0 aliphatic heterocycles. The zero-order valence-electron chi connectivity index (χ0n) is 14.7. The second-order valence-electron chi connectivity index (χ2n) is 5.38. The summed E-state index contributed by atoms with van der Waals surface area (Å²) in [4.78, 5) is 16.5. The smallest absolute Gasteiger partial charge is 0.234 e. The van der Waals surface area contributed by atoms with Crippen molar-refractivity contribution in [1.82, 2.24) is 15.2 Å². The van der Waals surface area contributed by atoms with Gasteiger partial charge in [-0.2, -0.15) is 0 Å². The second kappa shape index (κ2) is 8.79. The number of methoxy groups -OCH3 is 2. The second-order valence-corrected chi connectivity index (χ2v) is 6.76. The summed E-state index contributed by atoms with van der Waals surface area (Å²) in [5.74, 6) is 1.82. The zero-order valence-corrected chi connectivity index (χ0v) is 16.2. The third-order valence-electron chi connectivity index (χ3n) is 3.57. The van der Waals surface area contributed by atoms with E-state index in [-0.39, 0.29) is 11.7 Å². The van der Waals surface area contributed by atoms with Crippen LogP contribution in [-0.2, 0) is 4.79 Å².